The van der Waals surface area contributed by atoms with Crippen LogP contribution in [0.4, 0.5) is 0 Å². The molecule has 38 nitrogen and oxygen atoms in total. The van der Waals surface area contributed by atoms with Crippen molar-refractivity contribution in [3.63, 3.8) is 0 Å². The summed E-state index contributed by atoms with van der Waals surface area (Å²) < 4.78 is 5.43. The van der Waals surface area contributed by atoms with Crippen molar-refractivity contribution in [2.24, 2.45) is 0 Å². The fraction of sp³-hybridized carbons (Fsp3) is 0.782. The Hall–Kier alpha value is -8.67. The van der Waals surface area contributed by atoms with Crippen LogP contribution < -0.4 is 31.9 Å². The lowest BCUT2D eigenvalue weighted by Gasteiger charge is -2.28. The Bertz CT molecular complexity index is 3490. The molecule has 0 radical (unpaired) electrons. The number of unbranched alkanes of at least 4 members (excludes halogenated alkanes) is 3. The number of hydrogen-bond acceptors (Lipinski definition) is 24. The van der Waals surface area contributed by atoms with Crippen molar-refractivity contribution < 1.29 is 95.8 Å². The first kappa shape index (κ1) is 120. The van der Waals surface area contributed by atoms with Crippen LogP contribution in [0.5, 0.6) is 0 Å². The van der Waals surface area contributed by atoms with Crippen LogP contribution in [0.3, 0.4) is 0 Å². The van der Waals surface area contributed by atoms with E-state index in [0.29, 0.717) is 183 Å². The Morgan fingerprint density at radius 2 is 0.496 bits per heavy atom. The first-order chi connectivity index (χ1) is 61.1. The molecular formula is C87H156N18O20S4. The maximum Gasteiger partial charge on any atom is 0.328 e. The van der Waals surface area contributed by atoms with Crippen LogP contribution in [0.2, 0.25) is 0 Å². The highest BCUT2D eigenvalue weighted by atomic mass is 32.2. The van der Waals surface area contributed by atoms with Crippen LogP contribution >= 0.6 is 47.0 Å². The number of likely N-dealkylation sites (N-methyl/N-ethyl adjacent to an activating group) is 4. The molecule has 0 saturated carbocycles. The molecule has 3 atom stereocenters. The number of thioether (sulfide) groups is 4. The van der Waals surface area contributed by atoms with E-state index in [2.05, 4.69) is 31.9 Å². The molecule has 0 rings (SSSR count). The molecular weight excluding hydrogens is 1750 g/mol. The summed E-state index contributed by atoms with van der Waals surface area (Å²) in [5.74, 6) is -1.22. The number of rotatable bonds is 73. The molecule has 0 spiro atoms. The summed E-state index contributed by atoms with van der Waals surface area (Å²) >= 11 is 5.86. The lowest BCUT2D eigenvalue weighted by Crippen LogP contribution is -2.52. The van der Waals surface area contributed by atoms with E-state index < -0.39 is 47.7 Å². The zero-order valence-corrected chi connectivity index (χ0v) is 83.6. The molecule has 0 aliphatic rings. The van der Waals surface area contributed by atoms with Crippen molar-refractivity contribution >= 4 is 159 Å². The van der Waals surface area contributed by atoms with Crippen molar-refractivity contribution in [2.75, 3.05) is 231 Å². The molecule has 0 aliphatic carbocycles. The Balaban J connectivity index is 6.45. The fourth-order valence-corrected chi connectivity index (χ4v) is 16.1. The van der Waals surface area contributed by atoms with Gasteiger partial charge < -0.3 is 95.4 Å². The number of hydrogen-bond donors (Lipinski definition) is 6. The Labute approximate surface area is 783 Å². The average molecular weight is 1900 g/mol. The van der Waals surface area contributed by atoms with Crippen LogP contribution in [0.1, 0.15) is 193 Å². The van der Waals surface area contributed by atoms with Gasteiger partial charge in [0.1, 0.15) is 18.1 Å². The third-order valence-electron chi connectivity index (χ3n) is 21.5. The van der Waals surface area contributed by atoms with E-state index in [1.165, 1.54) is 129 Å². The van der Waals surface area contributed by atoms with Gasteiger partial charge in [-0.05, 0) is 64.7 Å². The van der Waals surface area contributed by atoms with E-state index in [1.54, 1.807) is 95.1 Å². The minimum atomic E-state index is -1.18. The molecule has 738 valence electrons. The Kier molecular flexibility index (Phi) is 67.2. The molecule has 0 aromatic heterocycles. The largest absolute Gasteiger partial charge is 0.464 e. The molecule has 0 aromatic rings. The standard InChI is InChI=1S/C87H156N18O20S4/c1-18-82(119)103(51-48-99(71(10)111)43-39-95(15)67(6)107)55-63-126-58-31-78(115)88-35-25-22-28-75(91-80(117)33-60-128-62-54-102(74(13)114)47-46-98(70(9)110)42-38-94(14)66(5)106)85(122)90-37-27-24-30-77(87(124)125-21-4)93-86(123)76(92-81(118)34-61-129-65-57-105(84(121)20-3)53-50-101(73(12)113)45-41-97(17)69(8)109)29-23-26-36-89-79(116)32-59-127-64-56-104(83(120)19-2)52-49-100(72(11)112)44-40-96(16)68(7)108/h75-77H,18-65H2,1-17H3,(H,88,115)(H,89,116)(H,90,122)(H,91,117)(H,92,118)(H,93,123). The minimum Gasteiger partial charge on any atom is -0.464 e. The van der Waals surface area contributed by atoms with Crippen molar-refractivity contribution in [1.29, 1.82) is 0 Å². The normalized spacial score (nSPS) is 11.5. The Morgan fingerprint density at radius 1 is 0.256 bits per heavy atom. The van der Waals surface area contributed by atoms with E-state index >= 15 is 0 Å². The average Bonchev–Trinajstić information content (AvgIpc) is 0.763. The van der Waals surface area contributed by atoms with Gasteiger partial charge in [0.25, 0.3) is 0 Å². The summed E-state index contributed by atoms with van der Waals surface area (Å²) in [6.07, 6.45) is 3.82. The van der Waals surface area contributed by atoms with Crippen LogP contribution in [0, 0.1) is 0 Å². The molecule has 0 fully saturated rings. The van der Waals surface area contributed by atoms with Crippen molar-refractivity contribution in [3.8, 4) is 0 Å². The van der Waals surface area contributed by atoms with E-state index in [-0.39, 0.29) is 206 Å². The number of nitrogens with zero attached hydrogens (tertiary/aromatic N) is 12. The third-order valence-corrected chi connectivity index (χ3v) is 25.4. The molecule has 0 aromatic carbocycles. The van der Waals surface area contributed by atoms with Gasteiger partial charge in [-0.25, -0.2) is 4.79 Å². The second-order valence-corrected chi connectivity index (χ2v) is 36.4. The second-order valence-electron chi connectivity index (χ2n) is 31.5. The van der Waals surface area contributed by atoms with Gasteiger partial charge in [0.15, 0.2) is 0 Å². The molecule has 18 amide bonds. The molecule has 0 aliphatic heterocycles. The quantitative estimate of drug-likeness (QED) is 0.0375. The number of esters is 1. The van der Waals surface area contributed by atoms with E-state index in [9.17, 15) is 91.1 Å². The summed E-state index contributed by atoms with van der Waals surface area (Å²) in [6, 6.07) is -3.30. The predicted molar refractivity (Wildman–Crippen MR) is 506 cm³/mol. The highest BCUT2D eigenvalue weighted by Gasteiger charge is 2.30. The Morgan fingerprint density at radius 3 is 0.767 bits per heavy atom. The first-order valence-corrected chi connectivity index (χ1v) is 49.9. The molecule has 6 N–H and O–H groups in total. The maximum atomic E-state index is 14.4. The van der Waals surface area contributed by atoms with E-state index in [4.69, 9.17) is 4.74 Å². The van der Waals surface area contributed by atoms with E-state index in [0.717, 1.165) is 0 Å². The number of carbonyl (C=O) groups excluding carboxylic acids is 19. The number of ether oxygens (including phenoxy) is 1. The fourth-order valence-electron chi connectivity index (χ4n) is 12.6. The molecule has 0 bridgehead atoms. The smallest absolute Gasteiger partial charge is 0.328 e. The predicted octanol–water partition coefficient (Wildman–Crippen LogP) is 2.23. The third kappa shape index (κ3) is 58.0. The highest BCUT2D eigenvalue weighted by molar-refractivity contribution is 7.99. The lowest BCUT2D eigenvalue weighted by atomic mass is 10.1. The molecule has 129 heavy (non-hydrogen) atoms. The van der Waals surface area contributed by atoms with E-state index in [1.807, 2.05) is 0 Å². The SMILES string of the molecule is CCOC(=O)C(CCCCNC(=O)C(CCCCNC(=O)CCSCCN(CCN(CCN(C)C(C)=O)C(C)=O)C(=O)CC)NC(=O)CCSCCN(CCN(CCN(C)C(C)=O)C(C)=O)C(C)=O)NC(=O)C(CCCCNC(=O)CCSCCN(CCN(CCN(C)C(C)=O)C(C)=O)C(=O)CC)NC(=O)CCSCCN(CCN(CCN(C)C(C)=O)C(C)=O)C(=O)CC. The van der Waals surface area contributed by atoms with Gasteiger partial charge in [0, 0.05) is 332 Å². The van der Waals surface area contributed by atoms with Crippen LogP contribution in [-0.4, -0.2) is 421 Å². The van der Waals surface area contributed by atoms with Gasteiger partial charge in [-0.1, -0.05) is 20.8 Å². The topological polar surface area (TPSA) is 445 Å². The summed E-state index contributed by atoms with van der Waals surface area (Å²) in [7, 11) is 6.59. The zero-order chi connectivity index (χ0) is 97.3. The summed E-state index contributed by atoms with van der Waals surface area (Å²) in [6.45, 7) is 26.8. The summed E-state index contributed by atoms with van der Waals surface area (Å²) in [5.41, 5.74) is 0. The second kappa shape index (κ2) is 72.0. The molecule has 0 heterocycles. The van der Waals surface area contributed by atoms with Crippen molar-refractivity contribution in [2.45, 2.75) is 211 Å². The van der Waals surface area contributed by atoms with Crippen molar-refractivity contribution in [3.05, 3.63) is 0 Å². The van der Waals surface area contributed by atoms with Gasteiger partial charge in [-0.2, -0.15) is 47.0 Å². The number of carbonyl (C=O) groups is 19. The maximum absolute atomic E-state index is 14.4. The molecule has 3 unspecified atom stereocenters. The highest BCUT2D eigenvalue weighted by Crippen LogP contribution is 2.15. The molecule has 42 heteroatoms. The van der Waals surface area contributed by atoms with Gasteiger partial charge in [0.2, 0.25) is 106 Å². The summed E-state index contributed by atoms with van der Waals surface area (Å²) in [4.78, 5) is 263. The van der Waals surface area contributed by atoms with Crippen molar-refractivity contribution in [1.82, 2.24) is 90.7 Å². The van der Waals surface area contributed by atoms with Gasteiger partial charge >= 0.3 is 5.97 Å². The number of amides is 18. The number of nitrogens with one attached hydrogen (secondary N) is 6. The monoisotopic (exact) mass is 1900 g/mol. The van der Waals surface area contributed by atoms with Gasteiger partial charge in [0.05, 0.1) is 6.61 Å². The van der Waals surface area contributed by atoms with Crippen LogP contribution in [-0.2, 0) is 95.8 Å². The lowest BCUT2D eigenvalue weighted by molar-refractivity contribution is -0.148. The zero-order valence-electron chi connectivity index (χ0n) is 80.3. The van der Waals surface area contributed by atoms with Crippen LogP contribution in [0.25, 0.3) is 0 Å². The van der Waals surface area contributed by atoms with Gasteiger partial charge in [-0.15, -0.1) is 0 Å². The van der Waals surface area contributed by atoms with Gasteiger partial charge in [-0.3, -0.25) is 86.3 Å². The first-order valence-electron chi connectivity index (χ1n) is 45.3. The molecule has 0 saturated heterocycles. The van der Waals surface area contributed by atoms with Crippen LogP contribution in [0.15, 0.2) is 0 Å². The summed E-state index contributed by atoms with van der Waals surface area (Å²) in [5, 5.41) is 17.3. The minimum absolute atomic E-state index is 0.0158.